The predicted octanol–water partition coefficient (Wildman–Crippen LogP) is 4.96. The zero-order valence-corrected chi connectivity index (χ0v) is 15.7. The average molecular weight is 366 g/mol. The fraction of sp³-hybridized carbons (Fsp3) is 0.167. The summed E-state index contributed by atoms with van der Waals surface area (Å²) < 4.78 is 0. The SMILES string of the molecule is C=CCN1CC(c2cc3ncc(-c4ccncc4)cc3[nH]2)Cc2ccccc21. The molecule has 4 heteroatoms. The Labute approximate surface area is 164 Å². The van der Waals surface area contributed by atoms with E-state index in [0.29, 0.717) is 5.92 Å². The molecular formula is C24H22N4. The molecule has 5 rings (SSSR count). The van der Waals surface area contributed by atoms with Crippen LogP contribution >= 0.6 is 0 Å². The topological polar surface area (TPSA) is 44.8 Å². The highest BCUT2D eigenvalue weighted by atomic mass is 15.1. The van der Waals surface area contributed by atoms with Crippen LogP contribution in [0.15, 0.2) is 79.8 Å². The Morgan fingerprint density at radius 2 is 1.96 bits per heavy atom. The number of nitrogens with one attached hydrogen (secondary N) is 1. The zero-order chi connectivity index (χ0) is 18.9. The number of rotatable bonds is 4. The van der Waals surface area contributed by atoms with E-state index in [0.717, 1.165) is 41.7 Å². The minimum absolute atomic E-state index is 0.411. The lowest BCUT2D eigenvalue weighted by molar-refractivity contribution is 0.615. The van der Waals surface area contributed by atoms with E-state index in [1.54, 1.807) is 0 Å². The molecular weight excluding hydrogens is 344 g/mol. The Bertz CT molecular complexity index is 1130. The molecule has 1 unspecified atom stereocenters. The van der Waals surface area contributed by atoms with Crippen molar-refractivity contribution < 1.29 is 0 Å². The van der Waals surface area contributed by atoms with Crippen LogP contribution < -0.4 is 4.90 Å². The molecule has 0 amide bonds. The van der Waals surface area contributed by atoms with Crippen LogP contribution in [0.4, 0.5) is 5.69 Å². The van der Waals surface area contributed by atoms with E-state index in [-0.39, 0.29) is 0 Å². The lowest BCUT2D eigenvalue weighted by atomic mass is 9.90. The van der Waals surface area contributed by atoms with Gasteiger partial charge in [0, 0.05) is 54.5 Å². The van der Waals surface area contributed by atoms with Gasteiger partial charge in [0.25, 0.3) is 0 Å². The maximum atomic E-state index is 4.69. The van der Waals surface area contributed by atoms with Crippen LogP contribution in [-0.2, 0) is 6.42 Å². The first-order valence-electron chi connectivity index (χ1n) is 9.64. The number of hydrogen-bond donors (Lipinski definition) is 1. The van der Waals surface area contributed by atoms with Crippen molar-refractivity contribution in [2.75, 3.05) is 18.0 Å². The van der Waals surface area contributed by atoms with E-state index in [2.05, 4.69) is 57.8 Å². The quantitative estimate of drug-likeness (QED) is 0.519. The van der Waals surface area contributed by atoms with E-state index in [1.165, 1.54) is 16.9 Å². The molecule has 0 bridgehead atoms. The Hall–Kier alpha value is -3.40. The van der Waals surface area contributed by atoms with Gasteiger partial charge in [-0.3, -0.25) is 9.97 Å². The molecule has 28 heavy (non-hydrogen) atoms. The highest BCUT2D eigenvalue weighted by Crippen LogP contribution is 2.35. The minimum Gasteiger partial charge on any atom is -0.367 e. The number of aromatic nitrogens is 3. The Balaban J connectivity index is 1.50. The van der Waals surface area contributed by atoms with Gasteiger partial charge < -0.3 is 9.88 Å². The average Bonchev–Trinajstić information content (AvgIpc) is 3.18. The maximum absolute atomic E-state index is 4.69. The molecule has 1 atom stereocenters. The van der Waals surface area contributed by atoms with Crippen LogP contribution in [0.5, 0.6) is 0 Å². The van der Waals surface area contributed by atoms with E-state index >= 15 is 0 Å². The van der Waals surface area contributed by atoms with Gasteiger partial charge in [-0.05, 0) is 47.9 Å². The summed E-state index contributed by atoms with van der Waals surface area (Å²) in [5.74, 6) is 0.411. The number of nitrogens with zero attached hydrogens (tertiary/aromatic N) is 3. The smallest absolute Gasteiger partial charge is 0.0882 e. The molecule has 0 fully saturated rings. The summed E-state index contributed by atoms with van der Waals surface area (Å²) in [6, 6.07) is 17.1. The van der Waals surface area contributed by atoms with Crippen molar-refractivity contribution in [3.8, 4) is 11.1 Å². The second kappa shape index (κ2) is 6.97. The minimum atomic E-state index is 0.411. The van der Waals surface area contributed by atoms with Crippen molar-refractivity contribution in [3.05, 3.63) is 91.0 Å². The van der Waals surface area contributed by atoms with Gasteiger partial charge in [-0.15, -0.1) is 6.58 Å². The fourth-order valence-electron chi connectivity index (χ4n) is 4.17. The molecule has 138 valence electrons. The number of para-hydroxylation sites is 1. The molecule has 3 aromatic heterocycles. The van der Waals surface area contributed by atoms with E-state index in [9.17, 15) is 0 Å². The first kappa shape index (κ1) is 16.8. The number of hydrogen-bond acceptors (Lipinski definition) is 3. The van der Waals surface area contributed by atoms with Gasteiger partial charge in [0.05, 0.1) is 11.0 Å². The number of aromatic amines is 1. The summed E-state index contributed by atoms with van der Waals surface area (Å²) in [4.78, 5) is 14.8. The number of pyridine rings is 2. The van der Waals surface area contributed by atoms with Crippen LogP contribution in [0, 0.1) is 0 Å². The first-order chi connectivity index (χ1) is 13.8. The number of H-pyrrole nitrogens is 1. The van der Waals surface area contributed by atoms with Crippen molar-refractivity contribution in [3.63, 3.8) is 0 Å². The highest BCUT2D eigenvalue weighted by molar-refractivity contribution is 5.81. The van der Waals surface area contributed by atoms with Gasteiger partial charge in [0.15, 0.2) is 0 Å². The first-order valence-corrected chi connectivity index (χ1v) is 9.64. The third-order valence-corrected chi connectivity index (χ3v) is 5.53. The summed E-state index contributed by atoms with van der Waals surface area (Å²) in [5.41, 5.74) is 8.30. The highest BCUT2D eigenvalue weighted by Gasteiger charge is 2.26. The van der Waals surface area contributed by atoms with Crippen molar-refractivity contribution in [2.24, 2.45) is 0 Å². The van der Waals surface area contributed by atoms with Gasteiger partial charge in [0.2, 0.25) is 0 Å². The van der Waals surface area contributed by atoms with E-state index < -0.39 is 0 Å². The molecule has 1 aliphatic rings. The summed E-state index contributed by atoms with van der Waals surface area (Å²) in [7, 11) is 0. The van der Waals surface area contributed by atoms with Crippen LogP contribution in [0.3, 0.4) is 0 Å². The third kappa shape index (κ3) is 2.97. The van der Waals surface area contributed by atoms with E-state index in [4.69, 9.17) is 4.98 Å². The standard InChI is InChI=1S/C24H22N4/c1-2-11-28-16-20(12-18-5-3-4-6-24(18)28)21-14-22-23(27-21)13-19(15-26-22)17-7-9-25-10-8-17/h2-10,13-15,20,27H,1,11-12,16H2. The molecule has 0 saturated carbocycles. The molecule has 4 heterocycles. The van der Waals surface area contributed by atoms with Gasteiger partial charge in [0.1, 0.15) is 0 Å². The number of anilines is 1. The van der Waals surface area contributed by atoms with Crippen LogP contribution in [-0.4, -0.2) is 28.0 Å². The molecule has 1 N–H and O–H groups in total. The molecule has 4 aromatic rings. The maximum Gasteiger partial charge on any atom is 0.0882 e. The molecule has 1 aliphatic heterocycles. The molecule has 4 nitrogen and oxygen atoms in total. The molecule has 1 aromatic carbocycles. The normalized spacial score (nSPS) is 16.1. The second-order valence-corrected chi connectivity index (χ2v) is 7.34. The lowest BCUT2D eigenvalue weighted by Crippen LogP contribution is -2.34. The van der Waals surface area contributed by atoms with Crippen LogP contribution in [0.2, 0.25) is 0 Å². The summed E-state index contributed by atoms with van der Waals surface area (Å²) in [6.07, 6.45) is 8.58. The summed E-state index contributed by atoms with van der Waals surface area (Å²) >= 11 is 0. The fourth-order valence-corrected chi connectivity index (χ4v) is 4.17. The second-order valence-electron chi connectivity index (χ2n) is 7.34. The van der Waals surface area contributed by atoms with Crippen LogP contribution in [0.1, 0.15) is 17.2 Å². The van der Waals surface area contributed by atoms with Gasteiger partial charge in [-0.2, -0.15) is 0 Å². The van der Waals surface area contributed by atoms with Gasteiger partial charge in [-0.1, -0.05) is 24.3 Å². The van der Waals surface area contributed by atoms with Crippen LogP contribution in [0.25, 0.3) is 22.2 Å². The van der Waals surface area contributed by atoms with Gasteiger partial charge in [-0.25, -0.2) is 0 Å². The zero-order valence-electron chi connectivity index (χ0n) is 15.7. The van der Waals surface area contributed by atoms with Gasteiger partial charge >= 0.3 is 0 Å². The van der Waals surface area contributed by atoms with E-state index in [1.807, 2.05) is 36.8 Å². The summed E-state index contributed by atoms with van der Waals surface area (Å²) in [5, 5.41) is 0. The van der Waals surface area contributed by atoms with Crippen molar-refractivity contribution in [1.29, 1.82) is 0 Å². The molecule has 0 aliphatic carbocycles. The monoisotopic (exact) mass is 366 g/mol. The molecule has 0 saturated heterocycles. The summed E-state index contributed by atoms with van der Waals surface area (Å²) in [6.45, 7) is 5.77. The van der Waals surface area contributed by atoms with Crippen molar-refractivity contribution in [2.45, 2.75) is 12.3 Å². The number of fused-ring (bicyclic) bond motifs is 2. The van der Waals surface area contributed by atoms with Crippen molar-refractivity contribution >= 4 is 16.7 Å². The molecule has 0 spiro atoms. The Morgan fingerprint density at radius 1 is 1.11 bits per heavy atom. The van der Waals surface area contributed by atoms with Crippen molar-refractivity contribution in [1.82, 2.24) is 15.0 Å². The Kier molecular flexibility index (Phi) is 4.17. The Morgan fingerprint density at radius 3 is 2.82 bits per heavy atom. The lowest BCUT2D eigenvalue weighted by Gasteiger charge is -2.35. The number of benzene rings is 1. The predicted molar refractivity (Wildman–Crippen MR) is 115 cm³/mol. The molecule has 0 radical (unpaired) electrons. The largest absolute Gasteiger partial charge is 0.367 e. The third-order valence-electron chi connectivity index (χ3n) is 5.53.